The first kappa shape index (κ1) is 17.3. The van der Waals surface area contributed by atoms with Gasteiger partial charge >= 0.3 is 0 Å². The van der Waals surface area contributed by atoms with Crippen molar-refractivity contribution in [2.75, 3.05) is 18.5 Å². The topological polar surface area (TPSA) is 67.4 Å². The van der Waals surface area contributed by atoms with E-state index in [2.05, 4.69) is 45.5 Å². The van der Waals surface area contributed by atoms with Crippen LogP contribution in [-0.4, -0.2) is 44.5 Å². The second-order valence-corrected chi connectivity index (χ2v) is 8.40. The predicted octanol–water partition coefficient (Wildman–Crippen LogP) is 3.29. The van der Waals surface area contributed by atoms with Crippen LogP contribution in [0.15, 0.2) is 23.0 Å². The summed E-state index contributed by atoms with van der Waals surface area (Å²) in [7, 11) is 2.04. The number of rotatable bonds is 3. The molecule has 1 aliphatic heterocycles. The Kier molecular flexibility index (Phi) is 3.60. The van der Waals surface area contributed by atoms with Crippen molar-refractivity contribution in [1.82, 2.24) is 19.4 Å². The molecule has 1 saturated carbocycles. The fourth-order valence-corrected chi connectivity index (χ4v) is 4.20. The van der Waals surface area contributed by atoms with E-state index in [4.69, 9.17) is 4.42 Å². The van der Waals surface area contributed by atoms with E-state index in [1.54, 1.807) is 0 Å². The Morgan fingerprint density at radius 3 is 2.79 bits per heavy atom. The van der Waals surface area contributed by atoms with Gasteiger partial charge in [-0.25, -0.2) is 9.97 Å². The summed E-state index contributed by atoms with van der Waals surface area (Å²) < 4.78 is 8.11. The van der Waals surface area contributed by atoms with Crippen LogP contribution in [0.1, 0.15) is 47.1 Å². The Morgan fingerprint density at radius 2 is 2.04 bits per heavy atom. The molecule has 5 rings (SSSR count). The van der Waals surface area contributed by atoms with Crippen molar-refractivity contribution in [1.29, 1.82) is 0 Å². The molecule has 7 heteroatoms. The lowest BCUT2D eigenvalue weighted by Gasteiger charge is -2.29. The van der Waals surface area contributed by atoms with Crippen LogP contribution in [0, 0.1) is 13.8 Å². The molecule has 0 atom stereocenters. The van der Waals surface area contributed by atoms with E-state index in [1.165, 1.54) is 17.6 Å². The van der Waals surface area contributed by atoms with Gasteiger partial charge in [-0.3, -0.25) is 4.79 Å². The van der Waals surface area contributed by atoms with Gasteiger partial charge in [0.15, 0.2) is 0 Å². The van der Waals surface area contributed by atoms with Crippen LogP contribution in [0.25, 0.3) is 11.1 Å². The minimum Gasteiger partial charge on any atom is -0.442 e. The highest BCUT2D eigenvalue weighted by atomic mass is 16.3. The number of amides is 1. The van der Waals surface area contributed by atoms with Gasteiger partial charge < -0.3 is 18.8 Å². The smallest absolute Gasteiger partial charge is 0.258 e. The number of hydrogen-bond acceptors (Lipinski definition) is 5. The fourth-order valence-electron chi connectivity index (χ4n) is 4.20. The van der Waals surface area contributed by atoms with Gasteiger partial charge in [0.2, 0.25) is 5.71 Å². The Hall–Kier alpha value is -2.83. The first-order valence-corrected chi connectivity index (χ1v) is 9.80. The summed E-state index contributed by atoms with van der Waals surface area (Å²) >= 11 is 0. The quantitative estimate of drug-likeness (QED) is 0.699. The van der Waals surface area contributed by atoms with Gasteiger partial charge in [-0.2, -0.15) is 0 Å². The van der Waals surface area contributed by atoms with Crippen molar-refractivity contribution in [3.8, 4) is 0 Å². The van der Waals surface area contributed by atoms with E-state index in [1.807, 2.05) is 18.9 Å². The molecule has 3 aromatic rings. The lowest BCUT2D eigenvalue weighted by molar-refractivity contribution is 0.0711. The van der Waals surface area contributed by atoms with Gasteiger partial charge in [0.1, 0.15) is 17.9 Å². The summed E-state index contributed by atoms with van der Waals surface area (Å²) in [5.74, 6) is 1.38. The summed E-state index contributed by atoms with van der Waals surface area (Å²) in [4.78, 5) is 26.4. The first-order valence-electron chi connectivity index (χ1n) is 9.80. The minimum atomic E-state index is -0.00764. The molecule has 7 nitrogen and oxygen atoms in total. The van der Waals surface area contributed by atoms with Crippen LogP contribution < -0.4 is 4.90 Å². The molecule has 0 unspecified atom stereocenters. The van der Waals surface area contributed by atoms with Gasteiger partial charge in [0, 0.05) is 37.6 Å². The number of fused-ring (bicyclic) bond motifs is 2. The van der Waals surface area contributed by atoms with Crippen molar-refractivity contribution in [3.05, 3.63) is 41.2 Å². The molecule has 1 fully saturated rings. The number of aromatic nitrogens is 3. The second kappa shape index (κ2) is 5.83. The van der Waals surface area contributed by atoms with Crippen LogP contribution in [0.3, 0.4) is 0 Å². The Balaban J connectivity index is 1.57. The van der Waals surface area contributed by atoms with Crippen molar-refractivity contribution < 1.29 is 9.21 Å². The SMILES string of the molecule is Cc1cc2n(c1)CCN(C(=O)c1c(C)oc3ncnc(N(C)C4(C)CC4)c13)C2. The maximum absolute atomic E-state index is 13.5. The van der Waals surface area contributed by atoms with Crippen LogP contribution in [0.4, 0.5) is 5.82 Å². The third kappa shape index (κ3) is 2.52. The molecule has 0 radical (unpaired) electrons. The Morgan fingerprint density at radius 1 is 1.25 bits per heavy atom. The third-order valence-electron chi connectivity index (χ3n) is 6.33. The molecule has 146 valence electrons. The molecule has 2 aliphatic rings. The molecule has 0 saturated heterocycles. The van der Waals surface area contributed by atoms with Crippen molar-refractivity contribution >= 4 is 22.8 Å². The number of anilines is 1. The summed E-state index contributed by atoms with van der Waals surface area (Å²) in [5, 5.41) is 0.734. The Bertz CT molecular complexity index is 1090. The number of furan rings is 1. The summed E-state index contributed by atoms with van der Waals surface area (Å²) in [6, 6.07) is 2.15. The predicted molar refractivity (Wildman–Crippen MR) is 106 cm³/mol. The maximum Gasteiger partial charge on any atom is 0.258 e. The molecule has 1 amide bonds. The minimum absolute atomic E-state index is 0.00764. The van der Waals surface area contributed by atoms with Crippen LogP contribution in [-0.2, 0) is 13.1 Å². The molecule has 1 aliphatic carbocycles. The van der Waals surface area contributed by atoms with E-state index in [9.17, 15) is 4.79 Å². The van der Waals surface area contributed by atoms with E-state index in [-0.39, 0.29) is 11.4 Å². The Labute approximate surface area is 164 Å². The molecular formula is C21H25N5O2. The summed E-state index contributed by atoms with van der Waals surface area (Å²) in [6.45, 7) is 8.25. The molecule has 3 aromatic heterocycles. The van der Waals surface area contributed by atoms with Crippen LogP contribution in [0.2, 0.25) is 0 Å². The van der Waals surface area contributed by atoms with E-state index in [0.717, 1.165) is 30.6 Å². The van der Waals surface area contributed by atoms with Gasteiger partial charge in [-0.05, 0) is 45.2 Å². The molecular weight excluding hydrogens is 354 g/mol. The summed E-state index contributed by atoms with van der Waals surface area (Å²) in [6.07, 6.45) is 5.91. The highest BCUT2D eigenvalue weighted by Gasteiger charge is 2.43. The fraction of sp³-hybridized carbons (Fsp3) is 0.476. The van der Waals surface area contributed by atoms with E-state index >= 15 is 0 Å². The van der Waals surface area contributed by atoms with E-state index < -0.39 is 0 Å². The number of carbonyl (C=O) groups is 1. The molecule has 0 aromatic carbocycles. The lowest BCUT2D eigenvalue weighted by atomic mass is 10.1. The van der Waals surface area contributed by atoms with Gasteiger partial charge in [0.05, 0.1) is 17.5 Å². The first-order chi connectivity index (χ1) is 13.4. The molecule has 0 spiro atoms. The molecule has 0 bridgehead atoms. The van der Waals surface area contributed by atoms with Gasteiger partial charge in [-0.1, -0.05) is 0 Å². The molecule has 4 heterocycles. The maximum atomic E-state index is 13.5. The average Bonchev–Trinajstić information content (AvgIpc) is 3.17. The van der Waals surface area contributed by atoms with Crippen molar-refractivity contribution in [2.45, 2.75) is 52.2 Å². The highest BCUT2D eigenvalue weighted by molar-refractivity contribution is 6.10. The number of carbonyl (C=O) groups excluding carboxylic acids is 1. The van der Waals surface area contributed by atoms with E-state index in [0.29, 0.717) is 30.1 Å². The average molecular weight is 379 g/mol. The number of aryl methyl sites for hydroxylation is 2. The van der Waals surface area contributed by atoms with Crippen molar-refractivity contribution in [3.63, 3.8) is 0 Å². The summed E-state index contributed by atoms with van der Waals surface area (Å²) in [5.41, 5.74) is 3.57. The number of hydrogen-bond donors (Lipinski definition) is 0. The van der Waals surface area contributed by atoms with Crippen molar-refractivity contribution in [2.24, 2.45) is 0 Å². The van der Waals surface area contributed by atoms with Gasteiger partial charge in [-0.15, -0.1) is 0 Å². The normalized spacial score (nSPS) is 17.6. The lowest BCUT2D eigenvalue weighted by Crippen LogP contribution is -2.38. The zero-order chi connectivity index (χ0) is 19.6. The number of nitrogens with zero attached hydrogens (tertiary/aromatic N) is 5. The third-order valence-corrected chi connectivity index (χ3v) is 6.33. The zero-order valence-corrected chi connectivity index (χ0v) is 16.8. The van der Waals surface area contributed by atoms with Crippen LogP contribution >= 0.6 is 0 Å². The zero-order valence-electron chi connectivity index (χ0n) is 16.8. The highest BCUT2D eigenvalue weighted by Crippen LogP contribution is 2.44. The monoisotopic (exact) mass is 379 g/mol. The largest absolute Gasteiger partial charge is 0.442 e. The molecule has 28 heavy (non-hydrogen) atoms. The second-order valence-electron chi connectivity index (χ2n) is 8.40. The molecule has 0 N–H and O–H groups in total. The standard InChI is InChI=1S/C21H25N5O2/c1-13-9-15-11-26(8-7-25(15)10-13)20(27)16-14(2)28-19-17(16)18(22-12-23-19)24(4)21(3)5-6-21/h9-10,12H,5-8,11H2,1-4H3. The van der Waals surface area contributed by atoms with Gasteiger partial charge in [0.25, 0.3) is 5.91 Å². The van der Waals surface area contributed by atoms with Crippen LogP contribution in [0.5, 0.6) is 0 Å².